The summed E-state index contributed by atoms with van der Waals surface area (Å²) in [7, 11) is 0. The molecule has 0 saturated carbocycles. The van der Waals surface area contributed by atoms with Crippen molar-refractivity contribution in [1.29, 1.82) is 0 Å². The Bertz CT molecular complexity index is 1530. The number of rotatable bonds is 4. The normalized spacial score (nSPS) is 11.2. The molecule has 0 aliphatic heterocycles. The predicted octanol–water partition coefficient (Wildman–Crippen LogP) is 5.53. The molecule has 2 heterocycles. The van der Waals surface area contributed by atoms with E-state index in [2.05, 4.69) is 10.3 Å². The van der Waals surface area contributed by atoms with Crippen LogP contribution in [0.1, 0.15) is 10.4 Å². The zero-order valence-electron chi connectivity index (χ0n) is 17.8. The summed E-state index contributed by atoms with van der Waals surface area (Å²) in [6, 6.07) is 21.8. The molecule has 0 bridgehead atoms. The number of amides is 1. The number of fused-ring (bicyclic) bond motifs is 2. The third kappa shape index (κ3) is 3.69. The lowest BCUT2D eigenvalue weighted by Crippen LogP contribution is -2.27. The third-order valence-electron chi connectivity index (χ3n) is 5.54. The fraction of sp³-hybridized carbons (Fsp3) is 0.115. The number of carbonyl (C=O) groups excluding carboxylic acids is 1. The number of anilines is 1. The number of hydrogen-bond acceptors (Lipinski definition) is 4. The van der Waals surface area contributed by atoms with E-state index in [1.165, 1.54) is 22.2 Å². The fourth-order valence-corrected chi connectivity index (χ4v) is 4.94. The highest BCUT2D eigenvalue weighted by Crippen LogP contribution is 2.35. The Morgan fingerprint density at radius 1 is 1.00 bits per heavy atom. The summed E-state index contributed by atoms with van der Waals surface area (Å²) in [4.78, 5) is 32.2. The van der Waals surface area contributed by atoms with E-state index in [1.807, 2.05) is 80.6 Å². The van der Waals surface area contributed by atoms with Crippen LogP contribution in [0.15, 0.2) is 77.9 Å². The Balaban J connectivity index is 1.47. The van der Waals surface area contributed by atoms with E-state index in [9.17, 15) is 9.59 Å². The lowest BCUT2D eigenvalue weighted by atomic mass is 10.0. The smallest absolute Gasteiger partial charge is 0.263 e. The summed E-state index contributed by atoms with van der Waals surface area (Å²) in [6.07, 6.45) is 1.46. The molecule has 0 atom stereocenters. The Kier molecular flexibility index (Phi) is 5.07. The molecule has 5 rings (SSSR count). The minimum atomic E-state index is -0.271. The van der Waals surface area contributed by atoms with Crippen LogP contribution in [-0.4, -0.2) is 15.5 Å². The topological polar surface area (TPSA) is 64.0 Å². The summed E-state index contributed by atoms with van der Waals surface area (Å²) < 4.78 is 1.38. The standard InChI is InChI=1S/C26H21N3O2S/c1-16-7-9-19(10-8-16)23-17(2)32-25-24(23)26(31)29(15-27-25)14-22(30)28-21-12-11-18-5-3-4-6-20(18)13-21/h3-13,15H,14H2,1-2H3,(H,28,30). The van der Waals surface area contributed by atoms with Crippen LogP contribution in [0.5, 0.6) is 0 Å². The number of benzene rings is 3. The van der Waals surface area contributed by atoms with Crippen LogP contribution in [0.25, 0.3) is 32.1 Å². The quantitative estimate of drug-likeness (QED) is 0.400. The van der Waals surface area contributed by atoms with Gasteiger partial charge >= 0.3 is 0 Å². The van der Waals surface area contributed by atoms with E-state index in [-0.39, 0.29) is 18.0 Å². The molecule has 0 radical (unpaired) electrons. The minimum absolute atomic E-state index is 0.100. The molecule has 0 unspecified atom stereocenters. The van der Waals surface area contributed by atoms with Crippen LogP contribution in [0.3, 0.4) is 0 Å². The number of thiophene rings is 1. The minimum Gasteiger partial charge on any atom is -0.325 e. The lowest BCUT2D eigenvalue weighted by molar-refractivity contribution is -0.116. The molecule has 0 spiro atoms. The van der Waals surface area contributed by atoms with Crippen molar-refractivity contribution in [3.05, 3.63) is 93.9 Å². The second-order valence-electron chi connectivity index (χ2n) is 7.87. The van der Waals surface area contributed by atoms with Gasteiger partial charge in [-0.25, -0.2) is 4.98 Å². The van der Waals surface area contributed by atoms with Gasteiger partial charge in [0.1, 0.15) is 11.4 Å². The summed E-state index contributed by atoms with van der Waals surface area (Å²) in [5, 5.41) is 5.61. The molecule has 0 fully saturated rings. The molecule has 32 heavy (non-hydrogen) atoms. The molecule has 0 aliphatic carbocycles. The third-order valence-corrected chi connectivity index (χ3v) is 6.56. The second-order valence-corrected chi connectivity index (χ2v) is 9.07. The van der Waals surface area contributed by atoms with Gasteiger partial charge in [0, 0.05) is 16.1 Å². The van der Waals surface area contributed by atoms with Crippen molar-refractivity contribution in [2.45, 2.75) is 20.4 Å². The molecular weight excluding hydrogens is 418 g/mol. The number of aromatic nitrogens is 2. The maximum Gasteiger partial charge on any atom is 0.263 e. The summed E-state index contributed by atoms with van der Waals surface area (Å²) in [5.41, 5.74) is 3.53. The van der Waals surface area contributed by atoms with Gasteiger partial charge in [-0.1, -0.05) is 60.2 Å². The van der Waals surface area contributed by atoms with E-state index in [0.29, 0.717) is 15.9 Å². The average Bonchev–Trinajstić information content (AvgIpc) is 3.13. The van der Waals surface area contributed by atoms with Crippen molar-refractivity contribution >= 4 is 43.9 Å². The molecule has 2 aromatic heterocycles. The van der Waals surface area contributed by atoms with Crippen LogP contribution in [0.4, 0.5) is 5.69 Å². The second kappa shape index (κ2) is 8.05. The fourth-order valence-electron chi connectivity index (χ4n) is 3.94. The first-order valence-electron chi connectivity index (χ1n) is 10.3. The van der Waals surface area contributed by atoms with Gasteiger partial charge in [0.05, 0.1) is 11.7 Å². The molecule has 1 amide bonds. The average molecular weight is 440 g/mol. The van der Waals surface area contributed by atoms with Crippen molar-refractivity contribution < 1.29 is 4.79 Å². The van der Waals surface area contributed by atoms with Crippen LogP contribution in [0.2, 0.25) is 0 Å². The molecule has 6 heteroatoms. The van der Waals surface area contributed by atoms with Crippen LogP contribution in [0, 0.1) is 13.8 Å². The SMILES string of the molecule is Cc1ccc(-c2c(C)sc3ncn(CC(=O)Nc4ccc5ccccc5c4)c(=O)c23)cc1. The highest BCUT2D eigenvalue weighted by Gasteiger charge is 2.18. The maximum atomic E-state index is 13.3. The molecule has 0 saturated heterocycles. The van der Waals surface area contributed by atoms with E-state index < -0.39 is 0 Å². The van der Waals surface area contributed by atoms with Gasteiger partial charge < -0.3 is 5.32 Å². The van der Waals surface area contributed by atoms with E-state index in [0.717, 1.165) is 32.3 Å². The lowest BCUT2D eigenvalue weighted by Gasteiger charge is -2.09. The van der Waals surface area contributed by atoms with Gasteiger partial charge in [-0.05, 0) is 42.3 Å². The largest absolute Gasteiger partial charge is 0.325 e. The van der Waals surface area contributed by atoms with Crippen LogP contribution >= 0.6 is 11.3 Å². The van der Waals surface area contributed by atoms with Gasteiger partial charge in [0.2, 0.25) is 5.91 Å². The van der Waals surface area contributed by atoms with Crippen molar-refractivity contribution in [2.75, 3.05) is 5.32 Å². The maximum absolute atomic E-state index is 13.3. The van der Waals surface area contributed by atoms with E-state index in [4.69, 9.17) is 0 Å². The van der Waals surface area contributed by atoms with Gasteiger partial charge in [-0.2, -0.15) is 0 Å². The first kappa shape index (κ1) is 20.2. The summed E-state index contributed by atoms with van der Waals surface area (Å²) >= 11 is 1.50. The molecule has 5 nitrogen and oxygen atoms in total. The molecule has 3 aromatic carbocycles. The van der Waals surface area contributed by atoms with E-state index >= 15 is 0 Å². The van der Waals surface area contributed by atoms with Crippen LogP contribution in [-0.2, 0) is 11.3 Å². The Morgan fingerprint density at radius 2 is 1.75 bits per heavy atom. The summed E-state index contributed by atoms with van der Waals surface area (Å²) in [6.45, 7) is 3.93. The number of hydrogen-bond donors (Lipinski definition) is 1. The highest BCUT2D eigenvalue weighted by atomic mass is 32.1. The number of nitrogens with zero attached hydrogens (tertiary/aromatic N) is 2. The van der Waals surface area contributed by atoms with Gasteiger partial charge in [0.25, 0.3) is 5.56 Å². The van der Waals surface area contributed by atoms with Crippen molar-refractivity contribution in [3.63, 3.8) is 0 Å². The van der Waals surface area contributed by atoms with Gasteiger partial charge in [0.15, 0.2) is 0 Å². The highest BCUT2D eigenvalue weighted by molar-refractivity contribution is 7.19. The Labute approximate surface area is 189 Å². The Hall–Kier alpha value is -3.77. The van der Waals surface area contributed by atoms with Gasteiger partial charge in [-0.15, -0.1) is 11.3 Å². The molecule has 0 aliphatic rings. The monoisotopic (exact) mass is 439 g/mol. The van der Waals surface area contributed by atoms with Gasteiger partial charge in [-0.3, -0.25) is 14.2 Å². The van der Waals surface area contributed by atoms with Crippen molar-refractivity contribution in [1.82, 2.24) is 9.55 Å². The molecular formula is C26H21N3O2S. The number of nitrogens with one attached hydrogen (secondary N) is 1. The Morgan fingerprint density at radius 3 is 2.53 bits per heavy atom. The summed E-state index contributed by atoms with van der Waals surface area (Å²) in [5.74, 6) is -0.271. The molecule has 5 aromatic rings. The van der Waals surface area contributed by atoms with E-state index in [1.54, 1.807) is 0 Å². The zero-order valence-corrected chi connectivity index (χ0v) is 18.6. The molecule has 1 N–H and O–H groups in total. The predicted molar refractivity (Wildman–Crippen MR) is 131 cm³/mol. The van der Waals surface area contributed by atoms with Crippen LogP contribution < -0.4 is 10.9 Å². The number of aryl methyl sites for hydroxylation is 2. The molecule has 158 valence electrons. The first-order chi connectivity index (χ1) is 15.5. The zero-order chi connectivity index (χ0) is 22.2. The number of carbonyl (C=O) groups is 1. The van der Waals surface area contributed by atoms with Crippen molar-refractivity contribution in [2.24, 2.45) is 0 Å². The first-order valence-corrected chi connectivity index (χ1v) is 11.2. The van der Waals surface area contributed by atoms with Crippen molar-refractivity contribution in [3.8, 4) is 11.1 Å².